The minimum atomic E-state index is -0.984. The fraction of sp³-hybridized carbons (Fsp3) is 0.556. The number of benzene rings is 1. The molecule has 0 aromatic heterocycles. The third-order valence-corrected chi connectivity index (χ3v) is 4.21. The van der Waals surface area contributed by atoms with E-state index in [1.807, 2.05) is 19.1 Å². The molecule has 1 amide bonds. The van der Waals surface area contributed by atoms with E-state index in [0.717, 1.165) is 31.5 Å². The zero-order valence-electron chi connectivity index (χ0n) is 14.2. The van der Waals surface area contributed by atoms with Crippen molar-refractivity contribution in [2.24, 2.45) is 0 Å². The van der Waals surface area contributed by atoms with E-state index in [1.165, 1.54) is 0 Å². The Morgan fingerprint density at radius 3 is 2.67 bits per heavy atom. The summed E-state index contributed by atoms with van der Waals surface area (Å²) in [6, 6.07) is 6.54. The van der Waals surface area contributed by atoms with Gasteiger partial charge in [-0.05, 0) is 18.1 Å². The van der Waals surface area contributed by atoms with Crippen molar-refractivity contribution in [2.45, 2.75) is 38.8 Å². The van der Waals surface area contributed by atoms with Gasteiger partial charge in [-0.25, -0.2) is 4.79 Å². The van der Waals surface area contributed by atoms with Crippen molar-refractivity contribution >= 4 is 11.9 Å². The van der Waals surface area contributed by atoms with Gasteiger partial charge in [0.2, 0.25) is 0 Å². The third-order valence-electron chi connectivity index (χ3n) is 4.21. The molecule has 6 nitrogen and oxygen atoms in total. The highest BCUT2D eigenvalue weighted by atomic mass is 16.5. The molecule has 0 saturated carbocycles. The molecule has 1 aliphatic rings. The fourth-order valence-electron chi connectivity index (χ4n) is 2.78. The third kappa shape index (κ3) is 5.32. The quantitative estimate of drug-likeness (QED) is 0.759. The van der Waals surface area contributed by atoms with Gasteiger partial charge < -0.3 is 15.2 Å². The van der Waals surface area contributed by atoms with E-state index in [0.29, 0.717) is 31.7 Å². The first kappa shape index (κ1) is 18.4. The van der Waals surface area contributed by atoms with Crippen molar-refractivity contribution in [1.82, 2.24) is 10.2 Å². The average molecular weight is 334 g/mol. The van der Waals surface area contributed by atoms with Crippen molar-refractivity contribution in [3.8, 4) is 0 Å². The number of amides is 1. The number of nitrogens with zero attached hydrogens (tertiary/aromatic N) is 1. The van der Waals surface area contributed by atoms with E-state index >= 15 is 0 Å². The molecule has 6 heteroatoms. The molecule has 1 aromatic rings. The molecule has 1 fully saturated rings. The number of carbonyl (C=O) groups is 2. The molecule has 0 unspecified atom stereocenters. The Morgan fingerprint density at radius 1 is 1.29 bits per heavy atom. The normalized spacial score (nSPS) is 16.5. The molecule has 0 aliphatic carbocycles. The minimum Gasteiger partial charge on any atom is -0.480 e. The summed E-state index contributed by atoms with van der Waals surface area (Å²) in [5.41, 5.74) is 1.46. The standard InChI is InChI=1S/C18H26N2O4/c1-2-3-8-16(18(22)23)19-17(21)15-7-5-4-6-14(15)13-20-9-11-24-12-10-20/h4-7,16H,2-3,8-13H2,1H3,(H,19,21)(H,22,23)/t16-/m0/s1. The van der Waals surface area contributed by atoms with Gasteiger partial charge in [-0.15, -0.1) is 0 Å². The smallest absolute Gasteiger partial charge is 0.326 e. The molecular weight excluding hydrogens is 308 g/mol. The number of carboxylic acid groups (broad SMARTS) is 1. The molecular formula is C18H26N2O4. The number of morpholine rings is 1. The van der Waals surface area contributed by atoms with Crippen molar-refractivity contribution < 1.29 is 19.4 Å². The topological polar surface area (TPSA) is 78.9 Å². The van der Waals surface area contributed by atoms with Crippen LogP contribution >= 0.6 is 0 Å². The number of carboxylic acids is 1. The lowest BCUT2D eigenvalue weighted by molar-refractivity contribution is -0.139. The monoisotopic (exact) mass is 334 g/mol. The first-order chi connectivity index (χ1) is 11.6. The summed E-state index contributed by atoms with van der Waals surface area (Å²) in [7, 11) is 0. The summed E-state index contributed by atoms with van der Waals surface area (Å²) in [6.07, 6.45) is 2.11. The molecule has 1 aliphatic heterocycles. The summed E-state index contributed by atoms with van der Waals surface area (Å²) in [6.45, 7) is 5.74. The van der Waals surface area contributed by atoms with Crippen LogP contribution in [-0.4, -0.2) is 54.2 Å². The van der Waals surface area contributed by atoms with E-state index in [-0.39, 0.29) is 5.91 Å². The summed E-state index contributed by atoms with van der Waals surface area (Å²) < 4.78 is 5.35. The van der Waals surface area contributed by atoms with Gasteiger partial charge in [-0.1, -0.05) is 38.0 Å². The second-order valence-corrected chi connectivity index (χ2v) is 6.05. The van der Waals surface area contributed by atoms with Crippen LogP contribution in [0.2, 0.25) is 0 Å². The van der Waals surface area contributed by atoms with Crippen LogP contribution < -0.4 is 5.32 Å². The SMILES string of the molecule is CCCC[C@H](NC(=O)c1ccccc1CN1CCOCC1)C(=O)O. The van der Waals surface area contributed by atoms with Gasteiger partial charge in [-0.2, -0.15) is 0 Å². The van der Waals surface area contributed by atoms with Crippen LogP contribution in [0.3, 0.4) is 0 Å². The van der Waals surface area contributed by atoms with E-state index in [2.05, 4.69) is 10.2 Å². The lowest BCUT2D eigenvalue weighted by Gasteiger charge is -2.27. The molecule has 0 radical (unpaired) electrons. The van der Waals surface area contributed by atoms with Crippen LogP contribution in [0.15, 0.2) is 24.3 Å². The largest absolute Gasteiger partial charge is 0.480 e. The number of hydrogen-bond acceptors (Lipinski definition) is 4. The highest BCUT2D eigenvalue weighted by molar-refractivity contribution is 5.97. The number of unbranched alkanes of at least 4 members (excludes halogenated alkanes) is 1. The Balaban J connectivity index is 2.06. The van der Waals surface area contributed by atoms with E-state index in [1.54, 1.807) is 12.1 Å². The van der Waals surface area contributed by atoms with E-state index in [4.69, 9.17) is 4.74 Å². The maximum absolute atomic E-state index is 12.6. The number of nitrogens with one attached hydrogen (secondary N) is 1. The van der Waals surface area contributed by atoms with Gasteiger partial charge in [-0.3, -0.25) is 9.69 Å². The lowest BCUT2D eigenvalue weighted by Crippen LogP contribution is -2.41. The van der Waals surface area contributed by atoms with Gasteiger partial charge >= 0.3 is 5.97 Å². The van der Waals surface area contributed by atoms with Gasteiger partial charge in [0.05, 0.1) is 13.2 Å². The Labute approximate surface area is 142 Å². The number of ether oxygens (including phenoxy) is 1. The van der Waals surface area contributed by atoms with Crippen LogP contribution in [0, 0.1) is 0 Å². The van der Waals surface area contributed by atoms with E-state index in [9.17, 15) is 14.7 Å². The number of aliphatic carboxylic acids is 1. The molecule has 1 heterocycles. The maximum atomic E-state index is 12.6. The van der Waals surface area contributed by atoms with Crippen LogP contribution in [0.25, 0.3) is 0 Å². The number of hydrogen-bond donors (Lipinski definition) is 2. The summed E-state index contributed by atoms with van der Waals surface area (Å²) in [5, 5.41) is 12.0. The number of rotatable bonds is 8. The molecule has 1 aromatic carbocycles. The molecule has 0 spiro atoms. The van der Waals surface area contributed by atoms with Crippen LogP contribution in [0.4, 0.5) is 0 Å². The predicted octanol–water partition coefficient (Wildman–Crippen LogP) is 1.89. The predicted molar refractivity (Wildman–Crippen MR) is 91.0 cm³/mol. The summed E-state index contributed by atoms with van der Waals surface area (Å²) in [5.74, 6) is -1.30. The van der Waals surface area contributed by atoms with Crippen LogP contribution in [-0.2, 0) is 16.1 Å². The fourth-order valence-corrected chi connectivity index (χ4v) is 2.78. The maximum Gasteiger partial charge on any atom is 0.326 e. The van der Waals surface area contributed by atoms with Gasteiger partial charge in [0.25, 0.3) is 5.91 Å². The van der Waals surface area contributed by atoms with Gasteiger partial charge in [0.15, 0.2) is 0 Å². The highest BCUT2D eigenvalue weighted by Crippen LogP contribution is 2.14. The van der Waals surface area contributed by atoms with Crippen molar-refractivity contribution in [1.29, 1.82) is 0 Å². The Hall–Kier alpha value is -1.92. The summed E-state index contributed by atoms with van der Waals surface area (Å²) >= 11 is 0. The first-order valence-corrected chi connectivity index (χ1v) is 8.53. The molecule has 1 atom stereocenters. The molecule has 0 bridgehead atoms. The van der Waals surface area contributed by atoms with Gasteiger partial charge in [0, 0.05) is 25.2 Å². The molecule has 2 rings (SSSR count). The minimum absolute atomic E-state index is 0.317. The van der Waals surface area contributed by atoms with Crippen molar-refractivity contribution in [2.75, 3.05) is 26.3 Å². The second-order valence-electron chi connectivity index (χ2n) is 6.05. The molecule has 1 saturated heterocycles. The Kier molecular flexibility index (Phi) is 7.21. The second kappa shape index (κ2) is 9.39. The molecule has 24 heavy (non-hydrogen) atoms. The van der Waals surface area contributed by atoms with E-state index < -0.39 is 12.0 Å². The average Bonchev–Trinajstić information content (AvgIpc) is 2.59. The molecule has 132 valence electrons. The zero-order chi connectivity index (χ0) is 17.4. The van der Waals surface area contributed by atoms with Crippen LogP contribution in [0.1, 0.15) is 42.1 Å². The Morgan fingerprint density at radius 2 is 2.00 bits per heavy atom. The van der Waals surface area contributed by atoms with Gasteiger partial charge in [0.1, 0.15) is 6.04 Å². The molecule has 2 N–H and O–H groups in total. The van der Waals surface area contributed by atoms with Crippen LogP contribution in [0.5, 0.6) is 0 Å². The Bertz CT molecular complexity index is 556. The first-order valence-electron chi connectivity index (χ1n) is 8.53. The summed E-state index contributed by atoms with van der Waals surface area (Å²) in [4.78, 5) is 26.1. The van der Waals surface area contributed by atoms with Crippen molar-refractivity contribution in [3.63, 3.8) is 0 Å². The zero-order valence-corrected chi connectivity index (χ0v) is 14.2. The lowest BCUT2D eigenvalue weighted by atomic mass is 10.0. The van der Waals surface area contributed by atoms with Crippen molar-refractivity contribution in [3.05, 3.63) is 35.4 Å². The number of carbonyl (C=O) groups excluding carboxylic acids is 1. The highest BCUT2D eigenvalue weighted by Gasteiger charge is 2.22.